The Hall–Kier alpha value is -0.720. The van der Waals surface area contributed by atoms with Crippen molar-refractivity contribution < 1.29 is 0 Å². The van der Waals surface area contributed by atoms with Gasteiger partial charge in [-0.2, -0.15) is 0 Å². The van der Waals surface area contributed by atoms with E-state index in [1.807, 2.05) is 31.2 Å². The molecule has 0 saturated heterocycles. The summed E-state index contributed by atoms with van der Waals surface area (Å²) in [6, 6.07) is 9.61. The molecule has 0 aliphatic heterocycles. The SMILES string of the molecule is CCNc1nc(Nc2ccccc2I)c(Cl)cc1Cl. The Kier molecular flexibility index (Phi) is 5.13. The summed E-state index contributed by atoms with van der Waals surface area (Å²) < 4.78 is 1.10. The van der Waals surface area contributed by atoms with E-state index in [1.54, 1.807) is 6.07 Å². The maximum absolute atomic E-state index is 6.16. The van der Waals surface area contributed by atoms with Crippen LogP contribution in [-0.2, 0) is 0 Å². The van der Waals surface area contributed by atoms with Gasteiger partial charge in [0.05, 0.1) is 15.7 Å². The smallest absolute Gasteiger partial charge is 0.151 e. The molecule has 0 saturated carbocycles. The Morgan fingerprint density at radius 2 is 1.84 bits per heavy atom. The molecule has 0 bridgehead atoms. The molecule has 0 spiro atoms. The Labute approximate surface area is 135 Å². The molecule has 1 aromatic heterocycles. The summed E-state index contributed by atoms with van der Waals surface area (Å²) in [4.78, 5) is 4.41. The Morgan fingerprint density at radius 1 is 1.16 bits per heavy atom. The molecule has 1 aromatic carbocycles. The molecule has 0 amide bonds. The first-order chi connectivity index (χ1) is 9.11. The molecule has 19 heavy (non-hydrogen) atoms. The molecule has 3 nitrogen and oxygen atoms in total. The number of halogens is 3. The van der Waals surface area contributed by atoms with E-state index in [2.05, 4.69) is 38.2 Å². The van der Waals surface area contributed by atoms with Gasteiger partial charge in [0.2, 0.25) is 0 Å². The highest BCUT2D eigenvalue weighted by atomic mass is 127. The van der Waals surface area contributed by atoms with Crippen molar-refractivity contribution >= 4 is 63.1 Å². The molecular formula is C13H12Cl2IN3. The summed E-state index contributed by atoms with van der Waals surface area (Å²) in [5.74, 6) is 1.22. The second kappa shape index (κ2) is 6.63. The van der Waals surface area contributed by atoms with Crippen LogP contribution in [0.25, 0.3) is 0 Å². The number of rotatable bonds is 4. The van der Waals surface area contributed by atoms with Gasteiger partial charge >= 0.3 is 0 Å². The Morgan fingerprint density at radius 3 is 2.53 bits per heavy atom. The van der Waals surface area contributed by atoms with E-state index in [-0.39, 0.29) is 0 Å². The van der Waals surface area contributed by atoms with Crippen molar-refractivity contribution in [3.63, 3.8) is 0 Å². The fraction of sp³-hybridized carbons (Fsp3) is 0.154. The fourth-order valence-electron chi connectivity index (χ4n) is 1.54. The second-order valence-electron chi connectivity index (χ2n) is 3.78. The highest BCUT2D eigenvalue weighted by Gasteiger charge is 2.10. The summed E-state index contributed by atoms with van der Waals surface area (Å²) >= 11 is 14.5. The van der Waals surface area contributed by atoms with Gasteiger partial charge in [0, 0.05) is 10.1 Å². The third-order valence-corrected chi connectivity index (χ3v) is 3.92. The number of hydrogen-bond acceptors (Lipinski definition) is 3. The minimum absolute atomic E-state index is 0.492. The van der Waals surface area contributed by atoms with E-state index >= 15 is 0 Å². The van der Waals surface area contributed by atoms with E-state index in [4.69, 9.17) is 23.2 Å². The van der Waals surface area contributed by atoms with Crippen LogP contribution in [0.2, 0.25) is 10.0 Å². The van der Waals surface area contributed by atoms with Gasteiger partial charge in [0.15, 0.2) is 5.82 Å². The third kappa shape index (κ3) is 3.64. The summed E-state index contributed by atoms with van der Waals surface area (Å²) in [6.07, 6.45) is 0. The van der Waals surface area contributed by atoms with Gasteiger partial charge in [0.25, 0.3) is 0 Å². The standard InChI is InChI=1S/C13H12Cl2IN3/c1-2-17-12-8(14)7-9(15)13(19-12)18-11-6-4-3-5-10(11)16/h3-7H,2H2,1H3,(H2,17,18,19). The monoisotopic (exact) mass is 407 g/mol. The summed E-state index contributed by atoms with van der Waals surface area (Å²) in [7, 11) is 0. The third-order valence-electron chi connectivity index (χ3n) is 2.40. The normalized spacial score (nSPS) is 10.3. The number of benzene rings is 1. The zero-order valence-corrected chi connectivity index (χ0v) is 13.8. The summed E-state index contributed by atoms with van der Waals surface area (Å²) in [5.41, 5.74) is 0.960. The Bertz CT molecular complexity index is 590. The minimum Gasteiger partial charge on any atom is -0.369 e. The maximum Gasteiger partial charge on any atom is 0.151 e. The average Bonchev–Trinajstić information content (AvgIpc) is 2.38. The van der Waals surface area contributed by atoms with Crippen molar-refractivity contribution in [2.24, 2.45) is 0 Å². The largest absolute Gasteiger partial charge is 0.369 e. The molecule has 0 fully saturated rings. The van der Waals surface area contributed by atoms with E-state index in [0.29, 0.717) is 21.7 Å². The van der Waals surface area contributed by atoms with Gasteiger partial charge in [-0.05, 0) is 47.7 Å². The molecule has 0 atom stereocenters. The molecule has 0 aliphatic rings. The van der Waals surface area contributed by atoms with E-state index in [1.165, 1.54) is 0 Å². The van der Waals surface area contributed by atoms with Crippen LogP contribution in [0.5, 0.6) is 0 Å². The van der Waals surface area contributed by atoms with Crippen molar-refractivity contribution in [1.82, 2.24) is 4.98 Å². The summed E-state index contributed by atoms with van der Waals surface area (Å²) in [5, 5.41) is 7.32. The number of hydrogen-bond donors (Lipinski definition) is 2. The predicted molar refractivity (Wildman–Crippen MR) is 90.9 cm³/mol. The zero-order chi connectivity index (χ0) is 13.8. The van der Waals surface area contributed by atoms with Crippen LogP contribution >= 0.6 is 45.8 Å². The number of aromatic nitrogens is 1. The van der Waals surface area contributed by atoms with E-state index in [0.717, 1.165) is 15.8 Å². The van der Waals surface area contributed by atoms with Crippen molar-refractivity contribution in [1.29, 1.82) is 0 Å². The lowest BCUT2D eigenvalue weighted by Crippen LogP contribution is -2.03. The summed E-state index contributed by atoms with van der Waals surface area (Å²) in [6.45, 7) is 2.73. The number of pyridine rings is 1. The van der Waals surface area contributed by atoms with Gasteiger partial charge < -0.3 is 10.6 Å². The molecule has 0 radical (unpaired) electrons. The van der Waals surface area contributed by atoms with Crippen LogP contribution < -0.4 is 10.6 Å². The average molecular weight is 408 g/mol. The zero-order valence-electron chi connectivity index (χ0n) is 10.2. The van der Waals surface area contributed by atoms with Crippen molar-refractivity contribution in [3.05, 3.63) is 43.9 Å². The van der Waals surface area contributed by atoms with Crippen LogP contribution in [0, 0.1) is 3.57 Å². The number of nitrogens with one attached hydrogen (secondary N) is 2. The van der Waals surface area contributed by atoms with Gasteiger partial charge in [0.1, 0.15) is 5.82 Å². The lowest BCUT2D eigenvalue weighted by atomic mass is 10.3. The van der Waals surface area contributed by atoms with Crippen LogP contribution in [0.4, 0.5) is 17.3 Å². The van der Waals surface area contributed by atoms with Gasteiger partial charge in [-0.3, -0.25) is 0 Å². The van der Waals surface area contributed by atoms with E-state index in [9.17, 15) is 0 Å². The fourth-order valence-corrected chi connectivity index (χ4v) is 2.53. The quantitative estimate of drug-likeness (QED) is 0.686. The Balaban J connectivity index is 2.34. The van der Waals surface area contributed by atoms with Crippen molar-refractivity contribution in [3.8, 4) is 0 Å². The molecule has 0 unspecified atom stereocenters. The maximum atomic E-state index is 6.16. The number of nitrogens with zero attached hydrogens (tertiary/aromatic N) is 1. The first kappa shape index (κ1) is 14.7. The molecule has 2 N–H and O–H groups in total. The first-order valence-corrected chi connectivity index (χ1v) is 7.56. The van der Waals surface area contributed by atoms with Crippen LogP contribution in [0.1, 0.15) is 6.92 Å². The highest BCUT2D eigenvalue weighted by molar-refractivity contribution is 14.1. The van der Waals surface area contributed by atoms with Crippen LogP contribution in [-0.4, -0.2) is 11.5 Å². The molecule has 2 aromatic rings. The van der Waals surface area contributed by atoms with Crippen LogP contribution in [0.3, 0.4) is 0 Å². The van der Waals surface area contributed by atoms with Gasteiger partial charge in [-0.1, -0.05) is 35.3 Å². The first-order valence-electron chi connectivity index (χ1n) is 5.73. The molecule has 6 heteroatoms. The number of anilines is 3. The number of para-hydroxylation sites is 1. The van der Waals surface area contributed by atoms with Crippen molar-refractivity contribution in [2.75, 3.05) is 17.2 Å². The van der Waals surface area contributed by atoms with Gasteiger partial charge in [-0.15, -0.1) is 0 Å². The minimum atomic E-state index is 0.492. The molecule has 1 heterocycles. The molecule has 0 aliphatic carbocycles. The van der Waals surface area contributed by atoms with Crippen molar-refractivity contribution in [2.45, 2.75) is 6.92 Å². The molecule has 100 valence electrons. The lowest BCUT2D eigenvalue weighted by molar-refractivity contribution is 1.16. The topological polar surface area (TPSA) is 37.0 Å². The van der Waals surface area contributed by atoms with E-state index < -0.39 is 0 Å². The molecular weight excluding hydrogens is 396 g/mol. The lowest BCUT2D eigenvalue weighted by Gasteiger charge is -2.12. The predicted octanol–water partition coefficient (Wildman–Crippen LogP) is 5.17. The highest BCUT2D eigenvalue weighted by Crippen LogP contribution is 2.32. The molecule has 2 rings (SSSR count). The van der Waals surface area contributed by atoms with Gasteiger partial charge in [-0.25, -0.2) is 4.98 Å². The second-order valence-corrected chi connectivity index (χ2v) is 5.76. The van der Waals surface area contributed by atoms with Crippen LogP contribution in [0.15, 0.2) is 30.3 Å².